The molecule has 0 fully saturated rings. The summed E-state index contributed by atoms with van der Waals surface area (Å²) < 4.78 is 0. The number of fused-ring (bicyclic) bond motifs is 1. The minimum Gasteiger partial charge on any atom is -0.355 e. The summed E-state index contributed by atoms with van der Waals surface area (Å²) in [6.07, 6.45) is 0.816. The number of nitrogens with zero attached hydrogens (tertiary/aromatic N) is 5. The number of hydrogen-bond acceptors (Lipinski definition) is 6. The molecule has 2 N–H and O–H groups in total. The quantitative estimate of drug-likeness (QED) is 0.257. The third-order valence-electron chi connectivity index (χ3n) is 5.00. The molecule has 0 bridgehead atoms. The average molecular weight is 399 g/mol. The molecule has 2 aromatic carbocycles. The van der Waals surface area contributed by atoms with Gasteiger partial charge in [0.2, 0.25) is 0 Å². The number of benzene rings is 2. The fourth-order valence-electron chi connectivity index (χ4n) is 3.55. The predicted molar refractivity (Wildman–Crippen MR) is 117 cm³/mol. The van der Waals surface area contributed by atoms with E-state index in [9.17, 15) is 4.79 Å². The molecule has 1 aromatic heterocycles. The van der Waals surface area contributed by atoms with Crippen LogP contribution in [0.3, 0.4) is 0 Å². The van der Waals surface area contributed by atoms with E-state index in [1.165, 1.54) is 5.56 Å². The highest BCUT2D eigenvalue weighted by atomic mass is 16.1. The molecule has 0 saturated carbocycles. The maximum Gasteiger partial charge on any atom is 0.162 e. The van der Waals surface area contributed by atoms with Crippen molar-refractivity contribution in [2.75, 3.05) is 10.6 Å². The van der Waals surface area contributed by atoms with E-state index in [2.05, 4.69) is 40.6 Å². The highest BCUT2D eigenvalue weighted by Gasteiger charge is 2.26. The zero-order valence-electron chi connectivity index (χ0n) is 16.7. The topological polar surface area (TPSA) is 116 Å². The van der Waals surface area contributed by atoms with E-state index in [-0.39, 0.29) is 0 Å². The highest BCUT2D eigenvalue weighted by molar-refractivity contribution is 5.83. The van der Waals surface area contributed by atoms with Gasteiger partial charge in [-0.15, -0.1) is 0 Å². The van der Waals surface area contributed by atoms with Gasteiger partial charge in [-0.3, -0.25) is 4.79 Å². The Hall–Kier alpha value is -3.90. The Balaban J connectivity index is 1.78. The van der Waals surface area contributed by atoms with Gasteiger partial charge >= 0.3 is 0 Å². The van der Waals surface area contributed by atoms with Crippen LogP contribution in [-0.2, 0) is 11.2 Å². The molecule has 1 aliphatic rings. The van der Waals surface area contributed by atoms with Crippen LogP contribution in [0.25, 0.3) is 21.8 Å². The van der Waals surface area contributed by atoms with E-state index in [1.54, 1.807) is 12.1 Å². The molecule has 0 amide bonds. The van der Waals surface area contributed by atoms with Crippen LogP contribution >= 0.6 is 0 Å². The Kier molecular flexibility index (Phi) is 5.32. The molecule has 150 valence electrons. The van der Waals surface area contributed by atoms with Crippen LogP contribution in [-0.4, -0.2) is 22.4 Å². The van der Waals surface area contributed by atoms with Gasteiger partial charge in [-0.25, -0.2) is 9.97 Å². The van der Waals surface area contributed by atoms with Gasteiger partial charge in [0.05, 0.1) is 5.69 Å². The monoisotopic (exact) mass is 399 g/mol. The molecule has 30 heavy (non-hydrogen) atoms. The van der Waals surface area contributed by atoms with Crippen molar-refractivity contribution in [1.82, 2.24) is 9.97 Å². The Morgan fingerprint density at radius 3 is 2.60 bits per heavy atom. The normalized spacial score (nSPS) is 14.4. The molecule has 4 rings (SSSR count). The first-order valence-corrected chi connectivity index (χ1v) is 9.71. The third-order valence-corrected chi connectivity index (χ3v) is 5.00. The van der Waals surface area contributed by atoms with Crippen molar-refractivity contribution < 1.29 is 4.79 Å². The van der Waals surface area contributed by atoms with Crippen LogP contribution in [0.2, 0.25) is 0 Å². The van der Waals surface area contributed by atoms with Crippen molar-refractivity contribution in [1.29, 1.82) is 0 Å². The Labute approximate surface area is 174 Å². The molecule has 1 unspecified atom stereocenters. The largest absolute Gasteiger partial charge is 0.355 e. The maximum absolute atomic E-state index is 11.3. The van der Waals surface area contributed by atoms with Crippen LogP contribution in [0, 0.1) is 0 Å². The van der Waals surface area contributed by atoms with Gasteiger partial charge in [-0.2, -0.15) is 0 Å². The van der Waals surface area contributed by atoms with Crippen LogP contribution < -0.4 is 10.6 Å². The third kappa shape index (κ3) is 3.81. The highest BCUT2D eigenvalue weighted by Crippen LogP contribution is 2.35. The van der Waals surface area contributed by atoms with Gasteiger partial charge in [0.1, 0.15) is 5.69 Å². The second-order valence-electron chi connectivity index (χ2n) is 7.39. The number of azide groups is 1. The number of rotatable bonds is 6. The SMILES string of the molecule is CC(C)c1ccccc1-c1nc(Cc2ccc(N=[N+]=[N-])cc2)c2c(n1)NC(C=O)N2. The molecule has 0 saturated heterocycles. The van der Waals surface area contributed by atoms with Gasteiger partial charge in [0.25, 0.3) is 0 Å². The lowest BCUT2D eigenvalue weighted by Crippen LogP contribution is -2.23. The Morgan fingerprint density at radius 1 is 1.13 bits per heavy atom. The van der Waals surface area contributed by atoms with E-state index in [1.807, 2.05) is 30.3 Å². The fraction of sp³-hybridized carbons (Fsp3) is 0.227. The standard InChI is InChI=1S/C22H21N7O/c1-13(2)16-5-3-4-6-17(16)21-24-18(20-22(27-21)26-19(12-30)25-20)11-14-7-9-15(10-8-14)28-29-23/h3-10,12-13,19,25H,11H2,1-2H3,(H,24,26,27). The zero-order valence-corrected chi connectivity index (χ0v) is 16.7. The summed E-state index contributed by atoms with van der Waals surface area (Å²) in [7, 11) is 0. The number of anilines is 2. The lowest BCUT2D eigenvalue weighted by Gasteiger charge is -2.14. The first-order valence-electron chi connectivity index (χ1n) is 9.71. The molecule has 8 nitrogen and oxygen atoms in total. The van der Waals surface area contributed by atoms with Gasteiger partial charge in [0.15, 0.2) is 24.1 Å². The average Bonchev–Trinajstić information content (AvgIpc) is 3.19. The fourth-order valence-corrected chi connectivity index (χ4v) is 3.55. The Bertz CT molecular complexity index is 1130. The molecular formula is C22H21N7O. The van der Waals surface area contributed by atoms with Crippen molar-refractivity contribution in [3.63, 3.8) is 0 Å². The maximum atomic E-state index is 11.3. The van der Waals surface area contributed by atoms with Crippen molar-refractivity contribution in [3.05, 3.63) is 75.8 Å². The van der Waals surface area contributed by atoms with E-state index in [0.29, 0.717) is 29.7 Å². The summed E-state index contributed by atoms with van der Waals surface area (Å²) in [5.74, 6) is 1.57. The van der Waals surface area contributed by atoms with Gasteiger partial charge < -0.3 is 10.6 Å². The lowest BCUT2D eigenvalue weighted by atomic mass is 9.96. The van der Waals surface area contributed by atoms with Crippen molar-refractivity contribution in [2.45, 2.75) is 32.4 Å². The molecular weight excluding hydrogens is 378 g/mol. The smallest absolute Gasteiger partial charge is 0.162 e. The number of aldehydes is 1. The van der Waals surface area contributed by atoms with Gasteiger partial charge in [-0.05, 0) is 22.6 Å². The van der Waals surface area contributed by atoms with E-state index in [4.69, 9.17) is 15.5 Å². The molecule has 1 atom stereocenters. The summed E-state index contributed by atoms with van der Waals surface area (Å²) in [4.78, 5) is 23.7. The van der Waals surface area contributed by atoms with Crippen molar-refractivity contribution >= 4 is 23.5 Å². The van der Waals surface area contributed by atoms with Gasteiger partial charge in [0, 0.05) is 22.6 Å². The zero-order chi connectivity index (χ0) is 21.1. The Morgan fingerprint density at radius 2 is 1.90 bits per heavy atom. The second kappa shape index (κ2) is 8.23. The predicted octanol–water partition coefficient (Wildman–Crippen LogP) is 5.16. The van der Waals surface area contributed by atoms with Crippen LogP contribution in [0.15, 0.2) is 53.6 Å². The molecule has 2 heterocycles. The minimum atomic E-state index is -0.531. The summed E-state index contributed by atoms with van der Waals surface area (Å²) >= 11 is 0. The number of nitrogens with one attached hydrogen (secondary N) is 2. The summed E-state index contributed by atoms with van der Waals surface area (Å²) in [6.45, 7) is 4.28. The molecule has 3 aromatic rings. The van der Waals surface area contributed by atoms with Crippen molar-refractivity contribution in [2.24, 2.45) is 5.11 Å². The summed E-state index contributed by atoms with van der Waals surface area (Å²) in [5.41, 5.74) is 13.8. The molecule has 1 aliphatic heterocycles. The van der Waals surface area contributed by atoms with Crippen molar-refractivity contribution in [3.8, 4) is 11.4 Å². The number of aromatic nitrogens is 2. The van der Waals surface area contributed by atoms with E-state index < -0.39 is 6.17 Å². The summed E-state index contributed by atoms with van der Waals surface area (Å²) in [5, 5.41) is 9.87. The minimum absolute atomic E-state index is 0.323. The molecule has 0 aliphatic carbocycles. The number of hydrogen-bond donors (Lipinski definition) is 2. The number of carbonyl (C=O) groups is 1. The number of carbonyl (C=O) groups excluding carboxylic acids is 1. The molecule has 8 heteroatoms. The first kappa shape index (κ1) is 19.4. The molecule has 0 spiro atoms. The van der Waals surface area contributed by atoms with Crippen LogP contribution in [0.1, 0.15) is 36.6 Å². The van der Waals surface area contributed by atoms with Crippen LogP contribution in [0.5, 0.6) is 0 Å². The molecule has 0 radical (unpaired) electrons. The summed E-state index contributed by atoms with van der Waals surface area (Å²) in [6, 6.07) is 15.4. The van der Waals surface area contributed by atoms with E-state index in [0.717, 1.165) is 28.8 Å². The first-order chi connectivity index (χ1) is 14.6. The van der Waals surface area contributed by atoms with E-state index >= 15 is 0 Å². The van der Waals surface area contributed by atoms with Gasteiger partial charge in [-0.1, -0.05) is 67.5 Å². The second-order valence-corrected chi connectivity index (χ2v) is 7.39. The van der Waals surface area contributed by atoms with Crippen LogP contribution in [0.4, 0.5) is 17.2 Å². The lowest BCUT2D eigenvalue weighted by molar-refractivity contribution is -0.107.